The summed E-state index contributed by atoms with van der Waals surface area (Å²) in [7, 11) is 0. The zero-order valence-corrected chi connectivity index (χ0v) is 10.2. The minimum absolute atomic E-state index is 0.0972. The van der Waals surface area contributed by atoms with Crippen LogP contribution in [0.2, 0.25) is 0 Å². The van der Waals surface area contributed by atoms with Gasteiger partial charge in [-0.1, -0.05) is 0 Å². The largest absolute Gasteiger partial charge is 0.354 e. The van der Waals surface area contributed by atoms with E-state index in [1.807, 2.05) is 6.92 Å². The van der Waals surface area contributed by atoms with Crippen molar-refractivity contribution in [3.05, 3.63) is 0 Å². The molecule has 0 bridgehead atoms. The zero-order chi connectivity index (χ0) is 11.7. The van der Waals surface area contributed by atoms with Gasteiger partial charge in [0.25, 0.3) is 0 Å². The maximum Gasteiger partial charge on any atom is 0.221 e. The highest BCUT2D eigenvalue weighted by Gasteiger charge is 2.07. The number of hydrogen-bond acceptors (Lipinski definition) is 2. The first-order valence-electron chi connectivity index (χ1n) is 4.78. The summed E-state index contributed by atoms with van der Waals surface area (Å²) >= 11 is 10.8. The molecule has 2 amide bonds. The number of amides is 2. The van der Waals surface area contributed by atoms with Gasteiger partial charge in [-0.15, -0.1) is 23.2 Å². The number of nitrogens with one attached hydrogen (secondary N) is 2. The highest BCUT2D eigenvalue weighted by Crippen LogP contribution is 1.88. The van der Waals surface area contributed by atoms with Gasteiger partial charge in [0, 0.05) is 37.2 Å². The molecule has 1 unspecified atom stereocenters. The standard InChI is InChI=1S/C9H16Cl2N2O2/c1-7(13-9(15)3-5-11)6-12-8(14)2-4-10/h7H,2-6H2,1H3,(H,12,14)(H,13,15). The Balaban J connectivity index is 3.60. The van der Waals surface area contributed by atoms with Crippen molar-refractivity contribution in [2.24, 2.45) is 0 Å². The summed E-state index contributed by atoms with van der Waals surface area (Å²) in [6.07, 6.45) is 0.589. The van der Waals surface area contributed by atoms with E-state index in [0.29, 0.717) is 31.1 Å². The molecular formula is C9H16Cl2N2O2. The summed E-state index contributed by atoms with van der Waals surface area (Å²) in [5, 5.41) is 5.37. The van der Waals surface area contributed by atoms with Gasteiger partial charge in [-0.3, -0.25) is 9.59 Å². The first-order chi connectivity index (χ1) is 7.10. The van der Waals surface area contributed by atoms with Crippen LogP contribution in [0.1, 0.15) is 19.8 Å². The molecule has 0 saturated carbocycles. The van der Waals surface area contributed by atoms with E-state index in [9.17, 15) is 9.59 Å². The number of carbonyl (C=O) groups is 2. The van der Waals surface area contributed by atoms with Crippen LogP contribution < -0.4 is 10.6 Å². The molecule has 0 aliphatic heterocycles. The predicted molar refractivity (Wildman–Crippen MR) is 61.3 cm³/mol. The molecule has 0 fully saturated rings. The van der Waals surface area contributed by atoms with Crippen molar-refractivity contribution < 1.29 is 9.59 Å². The van der Waals surface area contributed by atoms with Crippen molar-refractivity contribution in [1.29, 1.82) is 0 Å². The van der Waals surface area contributed by atoms with E-state index in [1.165, 1.54) is 0 Å². The second-order valence-electron chi connectivity index (χ2n) is 3.15. The van der Waals surface area contributed by atoms with Gasteiger partial charge in [-0.2, -0.15) is 0 Å². The Morgan fingerprint density at radius 1 is 1.13 bits per heavy atom. The highest BCUT2D eigenvalue weighted by atomic mass is 35.5. The third kappa shape index (κ3) is 8.51. The molecule has 15 heavy (non-hydrogen) atoms. The molecule has 0 aromatic heterocycles. The molecule has 0 heterocycles. The van der Waals surface area contributed by atoms with E-state index < -0.39 is 0 Å². The van der Waals surface area contributed by atoms with Gasteiger partial charge in [0.15, 0.2) is 0 Å². The minimum Gasteiger partial charge on any atom is -0.354 e. The van der Waals surface area contributed by atoms with Crippen LogP contribution in [0.4, 0.5) is 0 Å². The van der Waals surface area contributed by atoms with Crippen LogP contribution in [-0.2, 0) is 9.59 Å². The summed E-state index contributed by atoms with van der Waals surface area (Å²) in [6.45, 7) is 2.22. The fourth-order valence-corrected chi connectivity index (χ4v) is 1.27. The van der Waals surface area contributed by atoms with Crippen LogP contribution in [0, 0.1) is 0 Å². The molecule has 0 aromatic rings. The van der Waals surface area contributed by atoms with Crippen molar-refractivity contribution >= 4 is 35.0 Å². The molecule has 0 aromatic carbocycles. The summed E-state index contributed by atoms with van der Waals surface area (Å²) in [6, 6.07) is -0.0972. The Kier molecular flexibility index (Phi) is 8.52. The Morgan fingerprint density at radius 2 is 1.67 bits per heavy atom. The molecule has 0 aliphatic rings. The quantitative estimate of drug-likeness (QED) is 0.663. The first-order valence-corrected chi connectivity index (χ1v) is 5.85. The molecule has 1 atom stereocenters. The molecule has 0 aliphatic carbocycles. The maximum atomic E-state index is 11.1. The lowest BCUT2D eigenvalue weighted by Gasteiger charge is -2.14. The fourth-order valence-electron chi connectivity index (χ4n) is 0.925. The van der Waals surface area contributed by atoms with Crippen molar-refractivity contribution in [2.45, 2.75) is 25.8 Å². The van der Waals surface area contributed by atoms with Gasteiger partial charge in [0.2, 0.25) is 11.8 Å². The predicted octanol–water partition coefficient (Wildman–Crippen LogP) is 0.865. The topological polar surface area (TPSA) is 58.2 Å². The fraction of sp³-hybridized carbons (Fsp3) is 0.778. The van der Waals surface area contributed by atoms with Crippen LogP contribution in [0.5, 0.6) is 0 Å². The number of carbonyl (C=O) groups excluding carboxylic acids is 2. The Morgan fingerprint density at radius 3 is 2.20 bits per heavy atom. The Bertz CT molecular complexity index is 212. The third-order valence-electron chi connectivity index (χ3n) is 1.66. The monoisotopic (exact) mass is 254 g/mol. The SMILES string of the molecule is CC(CNC(=O)CCCl)NC(=O)CCCl. The second-order valence-corrected chi connectivity index (χ2v) is 3.91. The molecule has 0 rings (SSSR count). The van der Waals surface area contributed by atoms with Crippen LogP contribution in [0.3, 0.4) is 0 Å². The van der Waals surface area contributed by atoms with Gasteiger partial charge in [0.05, 0.1) is 0 Å². The van der Waals surface area contributed by atoms with Gasteiger partial charge in [0.1, 0.15) is 0 Å². The molecule has 0 radical (unpaired) electrons. The van der Waals surface area contributed by atoms with E-state index >= 15 is 0 Å². The van der Waals surface area contributed by atoms with Gasteiger partial charge < -0.3 is 10.6 Å². The van der Waals surface area contributed by atoms with Crippen LogP contribution in [0.25, 0.3) is 0 Å². The zero-order valence-electron chi connectivity index (χ0n) is 8.69. The van der Waals surface area contributed by atoms with Crippen molar-refractivity contribution in [3.63, 3.8) is 0 Å². The van der Waals surface area contributed by atoms with Gasteiger partial charge in [-0.25, -0.2) is 0 Å². The number of rotatable bonds is 7. The number of halogens is 2. The van der Waals surface area contributed by atoms with Crippen molar-refractivity contribution in [2.75, 3.05) is 18.3 Å². The maximum absolute atomic E-state index is 11.1. The number of alkyl halides is 2. The second kappa shape index (κ2) is 8.80. The molecular weight excluding hydrogens is 239 g/mol. The summed E-state index contributed by atoms with van der Waals surface area (Å²) in [5.41, 5.74) is 0. The molecule has 4 nitrogen and oxygen atoms in total. The van der Waals surface area contributed by atoms with Crippen molar-refractivity contribution in [1.82, 2.24) is 10.6 Å². The lowest BCUT2D eigenvalue weighted by Crippen LogP contribution is -2.41. The highest BCUT2D eigenvalue weighted by molar-refractivity contribution is 6.19. The van der Waals surface area contributed by atoms with Gasteiger partial charge >= 0.3 is 0 Å². The van der Waals surface area contributed by atoms with Crippen LogP contribution in [0.15, 0.2) is 0 Å². The molecule has 0 spiro atoms. The van der Waals surface area contributed by atoms with Gasteiger partial charge in [-0.05, 0) is 6.92 Å². The van der Waals surface area contributed by atoms with Crippen molar-refractivity contribution in [3.8, 4) is 0 Å². The van der Waals surface area contributed by atoms with E-state index in [4.69, 9.17) is 23.2 Å². The third-order valence-corrected chi connectivity index (χ3v) is 2.03. The molecule has 0 saturated heterocycles. The van der Waals surface area contributed by atoms with E-state index in [2.05, 4.69) is 10.6 Å². The smallest absolute Gasteiger partial charge is 0.221 e. The summed E-state index contributed by atoms with van der Waals surface area (Å²) < 4.78 is 0. The lowest BCUT2D eigenvalue weighted by atomic mass is 10.3. The average Bonchev–Trinajstić information content (AvgIpc) is 2.15. The summed E-state index contributed by atoms with van der Waals surface area (Å²) in [4.78, 5) is 22.1. The Labute approximate surface area is 99.7 Å². The van der Waals surface area contributed by atoms with Crippen LogP contribution in [-0.4, -0.2) is 36.2 Å². The molecule has 88 valence electrons. The molecule has 2 N–H and O–H groups in total. The average molecular weight is 255 g/mol. The van der Waals surface area contributed by atoms with E-state index in [1.54, 1.807) is 0 Å². The minimum atomic E-state index is -0.108. The summed E-state index contributed by atoms with van der Waals surface area (Å²) in [5.74, 6) is 0.392. The molecule has 6 heteroatoms. The normalized spacial score (nSPS) is 11.9. The van der Waals surface area contributed by atoms with E-state index in [0.717, 1.165) is 0 Å². The van der Waals surface area contributed by atoms with Crippen LogP contribution >= 0.6 is 23.2 Å². The van der Waals surface area contributed by atoms with E-state index in [-0.39, 0.29) is 17.9 Å². The first kappa shape index (κ1) is 14.5. The number of hydrogen-bond donors (Lipinski definition) is 2. The Hall–Kier alpha value is -0.480. The lowest BCUT2D eigenvalue weighted by molar-refractivity contribution is -0.123.